The molecule has 0 radical (unpaired) electrons. The molecule has 1 aromatic rings. The molecule has 0 aliphatic carbocycles. The van der Waals surface area contributed by atoms with Gasteiger partial charge in [0.15, 0.2) is 0 Å². The van der Waals surface area contributed by atoms with Crippen LogP contribution < -0.4 is 10.2 Å². The number of aliphatic hydroxyl groups is 1. The first-order valence-corrected chi connectivity index (χ1v) is 8.38. The first kappa shape index (κ1) is 16.9. The summed E-state index contributed by atoms with van der Waals surface area (Å²) in [6.45, 7) is 3.12. The minimum Gasteiger partial charge on any atom is -0.480 e. The Bertz CT molecular complexity index is 589. The van der Waals surface area contributed by atoms with Gasteiger partial charge in [0.2, 0.25) is 0 Å². The number of carbonyl (C=O) groups is 1. The van der Waals surface area contributed by atoms with Gasteiger partial charge in [0.1, 0.15) is 24.0 Å². The fourth-order valence-corrected chi connectivity index (χ4v) is 3.92. The predicted octanol–water partition coefficient (Wildman–Crippen LogP) is 0.256. The molecule has 0 bridgehead atoms. The molecule has 8 nitrogen and oxygen atoms in total. The summed E-state index contributed by atoms with van der Waals surface area (Å²) in [7, 11) is 1.91. The Morgan fingerprint density at radius 1 is 1.42 bits per heavy atom. The van der Waals surface area contributed by atoms with Crippen LogP contribution in [-0.4, -0.2) is 76.9 Å². The van der Waals surface area contributed by atoms with E-state index in [1.807, 2.05) is 18.0 Å². The third-order valence-corrected chi connectivity index (χ3v) is 5.25. The number of aromatic nitrogens is 2. The number of hydrogen-bond acceptors (Lipinski definition) is 7. The highest BCUT2D eigenvalue weighted by Gasteiger charge is 2.46. The fraction of sp³-hybridized carbons (Fsp3) is 0.688. The second-order valence-corrected chi connectivity index (χ2v) is 6.87. The van der Waals surface area contributed by atoms with Gasteiger partial charge in [-0.1, -0.05) is 0 Å². The minimum atomic E-state index is -0.716. The van der Waals surface area contributed by atoms with Crippen molar-refractivity contribution in [1.82, 2.24) is 14.9 Å². The predicted molar refractivity (Wildman–Crippen MR) is 90.2 cm³/mol. The first-order chi connectivity index (χ1) is 11.5. The number of aliphatic hydroxyl groups excluding tert-OH is 1. The Morgan fingerprint density at radius 2 is 2.17 bits per heavy atom. The van der Waals surface area contributed by atoms with Gasteiger partial charge in [-0.2, -0.15) is 0 Å². The van der Waals surface area contributed by atoms with E-state index in [-0.39, 0.29) is 18.1 Å². The number of anilines is 2. The molecule has 0 unspecified atom stereocenters. The maximum absolute atomic E-state index is 11.4. The molecule has 1 atom stereocenters. The number of likely N-dealkylation sites (N-methyl/N-ethyl adjacent to an activating group) is 1. The van der Waals surface area contributed by atoms with Crippen LogP contribution in [0.2, 0.25) is 0 Å². The van der Waals surface area contributed by atoms with Gasteiger partial charge in [-0.3, -0.25) is 9.69 Å². The van der Waals surface area contributed by atoms with Crippen LogP contribution in [0.1, 0.15) is 19.3 Å². The molecule has 24 heavy (non-hydrogen) atoms. The Kier molecular flexibility index (Phi) is 4.86. The zero-order valence-corrected chi connectivity index (χ0v) is 14.0. The van der Waals surface area contributed by atoms with Crippen molar-refractivity contribution in [3.8, 4) is 0 Å². The molecule has 0 saturated carbocycles. The van der Waals surface area contributed by atoms with E-state index in [0.29, 0.717) is 12.4 Å². The third kappa shape index (κ3) is 3.44. The van der Waals surface area contributed by atoms with Crippen molar-refractivity contribution in [2.75, 3.05) is 50.1 Å². The number of nitrogens with zero attached hydrogens (tertiary/aromatic N) is 4. The maximum atomic E-state index is 11.4. The van der Waals surface area contributed by atoms with Crippen molar-refractivity contribution in [3.05, 3.63) is 12.4 Å². The summed E-state index contributed by atoms with van der Waals surface area (Å²) < 4.78 is 0. The molecule has 132 valence electrons. The topological polar surface area (TPSA) is 102 Å². The van der Waals surface area contributed by atoms with Crippen molar-refractivity contribution in [2.24, 2.45) is 5.41 Å². The molecule has 2 fully saturated rings. The summed E-state index contributed by atoms with van der Waals surface area (Å²) in [6, 6.07) is 1.54. The Labute approximate surface area is 141 Å². The smallest absolute Gasteiger partial charge is 0.320 e. The van der Waals surface area contributed by atoms with Crippen LogP contribution >= 0.6 is 0 Å². The highest BCUT2D eigenvalue weighted by atomic mass is 16.4. The SMILES string of the molecule is CN1CC2(CCN(c3cc(NCCO)ncn3)CC2)C[C@H]1C(=O)O. The fourth-order valence-electron chi connectivity index (χ4n) is 3.92. The van der Waals surface area contributed by atoms with E-state index in [4.69, 9.17) is 5.11 Å². The van der Waals surface area contributed by atoms with Gasteiger partial charge >= 0.3 is 5.97 Å². The van der Waals surface area contributed by atoms with E-state index in [0.717, 1.165) is 44.7 Å². The molecule has 1 aromatic heterocycles. The molecule has 3 rings (SSSR count). The highest BCUT2D eigenvalue weighted by molar-refractivity contribution is 5.74. The van der Waals surface area contributed by atoms with E-state index in [9.17, 15) is 9.90 Å². The monoisotopic (exact) mass is 335 g/mol. The van der Waals surface area contributed by atoms with Crippen molar-refractivity contribution in [2.45, 2.75) is 25.3 Å². The lowest BCUT2D eigenvalue weighted by Gasteiger charge is -2.39. The van der Waals surface area contributed by atoms with Gasteiger partial charge in [0.05, 0.1) is 6.61 Å². The van der Waals surface area contributed by atoms with Crippen LogP contribution in [-0.2, 0) is 4.79 Å². The van der Waals surface area contributed by atoms with Crippen LogP contribution in [0.4, 0.5) is 11.6 Å². The lowest BCUT2D eigenvalue weighted by molar-refractivity contribution is -0.141. The summed E-state index contributed by atoms with van der Waals surface area (Å²) in [5.41, 5.74) is 0.110. The molecule has 3 heterocycles. The Hall–Kier alpha value is -1.93. The van der Waals surface area contributed by atoms with Gasteiger partial charge < -0.3 is 20.4 Å². The molecule has 2 aliphatic heterocycles. The van der Waals surface area contributed by atoms with E-state index in [1.165, 1.54) is 6.33 Å². The zero-order chi connectivity index (χ0) is 17.2. The molecular weight excluding hydrogens is 310 g/mol. The van der Waals surface area contributed by atoms with Gasteiger partial charge in [0.25, 0.3) is 0 Å². The van der Waals surface area contributed by atoms with Gasteiger partial charge in [-0.15, -0.1) is 0 Å². The van der Waals surface area contributed by atoms with E-state index >= 15 is 0 Å². The van der Waals surface area contributed by atoms with Gasteiger partial charge in [0, 0.05) is 32.2 Å². The average molecular weight is 335 g/mol. The second-order valence-electron chi connectivity index (χ2n) is 6.87. The molecule has 2 aliphatic rings. The molecule has 0 amide bonds. The third-order valence-electron chi connectivity index (χ3n) is 5.25. The summed E-state index contributed by atoms with van der Waals surface area (Å²) in [6.07, 6.45) is 4.22. The summed E-state index contributed by atoms with van der Waals surface area (Å²) in [5, 5.41) is 21.3. The molecular formula is C16H25N5O3. The number of hydrogen-bond donors (Lipinski definition) is 3. The molecule has 3 N–H and O–H groups in total. The number of rotatable bonds is 5. The molecule has 8 heteroatoms. The minimum absolute atomic E-state index is 0.0594. The van der Waals surface area contributed by atoms with Crippen LogP contribution in [0.5, 0.6) is 0 Å². The van der Waals surface area contributed by atoms with Crippen molar-refractivity contribution in [3.63, 3.8) is 0 Å². The summed E-state index contributed by atoms with van der Waals surface area (Å²) >= 11 is 0. The lowest BCUT2D eigenvalue weighted by Crippen LogP contribution is -2.41. The molecule has 2 saturated heterocycles. The number of carboxylic acids is 1. The lowest BCUT2D eigenvalue weighted by atomic mass is 9.76. The largest absolute Gasteiger partial charge is 0.480 e. The van der Waals surface area contributed by atoms with Crippen molar-refractivity contribution >= 4 is 17.6 Å². The van der Waals surface area contributed by atoms with E-state index in [1.54, 1.807) is 0 Å². The van der Waals surface area contributed by atoms with Crippen LogP contribution in [0, 0.1) is 5.41 Å². The standard InChI is InChI=1S/C16H25N5O3/c1-20-10-16(9-12(20)15(23)24)2-5-21(6-3-16)14-8-13(17-4-7-22)18-11-19-14/h8,11-12,22H,2-7,9-10H2,1H3,(H,23,24)(H,17,18,19)/t12-/m0/s1. The highest BCUT2D eigenvalue weighted by Crippen LogP contribution is 2.43. The normalized spacial score (nSPS) is 23.6. The van der Waals surface area contributed by atoms with Crippen LogP contribution in [0.25, 0.3) is 0 Å². The van der Waals surface area contributed by atoms with Crippen LogP contribution in [0.3, 0.4) is 0 Å². The number of likely N-dealkylation sites (tertiary alicyclic amines) is 1. The van der Waals surface area contributed by atoms with Gasteiger partial charge in [-0.25, -0.2) is 9.97 Å². The van der Waals surface area contributed by atoms with Gasteiger partial charge in [-0.05, 0) is 31.7 Å². The molecule has 0 aromatic carbocycles. The number of carboxylic acid groups (broad SMARTS) is 1. The summed E-state index contributed by atoms with van der Waals surface area (Å²) in [5.74, 6) is 0.870. The zero-order valence-electron chi connectivity index (χ0n) is 14.0. The Balaban J connectivity index is 1.62. The van der Waals surface area contributed by atoms with E-state index < -0.39 is 5.97 Å². The Morgan fingerprint density at radius 3 is 2.79 bits per heavy atom. The summed E-state index contributed by atoms with van der Waals surface area (Å²) in [4.78, 5) is 24.1. The van der Waals surface area contributed by atoms with E-state index in [2.05, 4.69) is 20.2 Å². The molecule has 1 spiro atoms. The first-order valence-electron chi connectivity index (χ1n) is 8.38. The average Bonchev–Trinajstić information content (AvgIpc) is 2.90. The quantitative estimate of drug-likeness (QED) is 0.704. The number of piperidine rings is 1. The van der Waals surface area contributed by atoms with Crippen molar-refractivity contribution < 1.29 is 15.0 Å². The van der Waals surface area contributed by atoms with Crippen LogP contribution in [0.15, 0.2) is 12.4 Å². The number of aliphatic carboxylic acids is 1. The maximum Gasteiger partial charge on any atom is 0.320 e. The van der Waals surface area contributed by atoms with Crippen molar-refractivity contribution in [1.29, 1.82) is 0 Å². The number of nitrogens with one attached hydrogen (secondary N) is 1. The second kappa shape index (κ2) is 6.90.